The molecule has 2 aromatic rings. The predicted molar refractivity (Wildman–Crippen MR) is 102 cm³/mol. The number of nitrogens with zero attached hydrogens (tertiary/aromatic N) is 2. The molecule has 1 aromatic heterocycles. The molecule has 0 aliphatic carbocycles. The molecule has 0 spiro atoms. The molecule has 2 rings (SSSR count). The number of hydrogen-bond acceptors (Lipinski definition) is 8. The minimum absolute atomic E-state index is 0.138. The third kappa shape index (κ3) is 5.64. The van der Waals surface area contributed by atoms with Crippen LogP contribution in [0.1, 0.15) is 17.3 Å². The van der Waals surface area contributed by atoms with E-state index >= 15 is 0 Å². The number of aromatic nitrogens is 1. The highest BCUT2D eigenvalue weighted by Crippen LogP contribution is 2.27. The fourth-order valence-corrected chi connectivity index (χ4v) is 2.91. The Labute approximate surface area is 162 Å². The molecular weight excluding hydrogens is 388 g/mol. The number of carbonyl (C=O) groups is 1. The minimum Gasteiger partial charge on any atom is -0.478 e. The maximum Gasteiger partial charge on any atom is 0.293 e. The number of anilines is 1. The fraction of sp³-hybridized carbons (Fsp3) is 0.294. The zero-order valence-corrected chi connectivity index (χ0v) is 16.2. The van der Waals surface area contributed by atoms with E-state index in [1.807, 2.05) is 6.92 Å². The number of benzene rings is 1. The summed E-state index contributed by atoms with van der Waals surface area (Å²) in [5.74, 6) is 0.0739. The van der Waals surface area contributed by atoms with Crippen LogP contribution in [0.3, 0.4) is 0 Å². The van der Waals surface area contributed by atoms with E-state index in [0.29, 0.717) is 18.1 Å². The molecule has 150 valence electrons. The molecule has 0 radical (unpaired) electrons. The predicted octanol–water partition coefficient (Wildman–Crippen LogP) is 1.63. The first-order valence-corrected chi connectivity index (χ1v) is 10.2. The molecule has 0 fully saturated rings. The summed E-state index contributed by atoms with van der Waals surface area (Å²) in [6.45, 7) is 2.70. The molecular formula is C17H20N4O6S. The Morgan fingerprint density at radius 1 is 1.25 bits per heavy atom. The van der Waals surface area contributed by atoms with Gasteiger partial charge in [-0.05, 0) is 25.1 Å². The maximum absolute atomic E-state index is 12.1. The van der Waals surface area contributed by atoms with Gasteiger partial charge in [-0.2, -0.15) is 0 Å². The van der Waals surface area contributed by atoms with E-state index in [9.17, 15) is 23.3 Å². The van der Waals surface area contributed by atoms with Crippen molar-refractivity contribution in [3.05, 3.63) is 52.2 Å². The number of amides is 1. The van der Waals surface area contributed by atoms with Crippen LogP contribution in [0.15, 0.2) is 41.4 Å². The topological polar surface area (TPSA) is 141 Å². The summed E-state index contributed by atoms with van der Waals surface area (Å²) in [7, 11) is -3.55. The summed E-state index contributed by atoms with van der Waals surface area (Å²) in [4.78, 5) is 26.4. The van der Waals surface area contributed by atoms with Crippen molar-refractivity contribution in [1.29, 1.82) is 0 Å². The molecule has 1 aromatic carbocycles. The van der Waals surface area contributed by atoms with E-state index in [-0.39, 0.29) is 35.3 Å². The third-order valence-electron chi connectivity index (χ3n) is 3.61. The van der Waals surface area contributed by atoms with Crippen LogP contribution < -0.4 is 15.4 Å². The zero-order valence-electron chi connectivity index (χ0n) is 15.3. The van der Waals surface area contributed by atoms with E-state index in [1.54, 1.807) is 12.1 Å². The van der Waals surface area contributed by atoms with Gasteiger partial charge in [0.05, 0.1) is 22.0 Å². The normalized spacial score (nSPS) is 10.9. The molecule has 0 aliphatic rings. The highest BCUT2D eigenvalue weighted by Gasteiger charge is 2.18. The summed E-state index contributed by atoms with van der Waals surface area (Å²) in [5.41, 5.74) is 0.159. The van der Waals surface area contributed by atoms with Gasteiger partial charge in [0.1, 0.15) is 5.69 Å². The van der Waals surface area contributed by atoms with Crippen molar-refractivity contribution in [1.82, 2.24) is 10.3 Å². The minimum atomic E-state index is -3.55. The molecule has 0 bridgehead atoms. The Hall–Kier alpha value is -3.21. The van der Waals surface area contributed by atoms with Gasteiger partial charge in [0.15, 0.2) is 9.84 Å². The van der Waals surface area contributed by atoms with Gasteiger partial charge in [-0.1, -0.05) is 0 Å². The number of rotatable bonds is 9. The van der Waals surface area contributed by atoms with E-state index < -0.39 is 14.8 Å². The second-order valence-electron chi connectivity index (χ2n) is 5.71. The molecule has 28 heavy (non-hydrogen) atoms. The quantitative estimate of drug-likeness (QED) is 0.362. The van der Waals surface area contributed by atoms with Gasteiger partial charge in [-0.3, -0.25) is 14.9 Å². The molecule has 10 nitrogen and oxygen atoms in total. The van der Waals surface area contributed by atoms with Crippen LogP contribution >= 0.6 is 0 Å². The van der Waals surface area contributed by atoms with E-state index in [4.69, 9.17) is 4.74 Å². The summed E-state index contributed by atoms with van der Waals surface area (Å²) in [5, 5.41) is 16.7. The number of sulfone groups is 1. The smallest absolute Gasteiger partial charge is 0.293 e. The first-order valence-electron chi connectivity index (χ1n) is 8.31. The lowest BCUT2D eigenvalue weighted by Crippen LogP contribution is -2.29. The molecule has 2 N–H and O–H groups in total. The lowest BCUT2D eigenvalue weighted by atomic mass is 10.2. The average molecular weight is 408 g/mol. The Kier molecular flexibility index (Phi) is 6.88. The summed E-state index contributed by atoms with van der Waals surface area (Å²) in [6.07, 6.45) is 2.37. The Morgan fingerprint density at radius 2 is 2.00 bits per heavy atom. The standard InChI is InChI=1S/C17H20N4O6S/c1-3-27-16-7-4-12(11-20-16)17(22)19-9-8-18-14-6-5-13(28(2,25)26)10-15(14)21(23)24/h4-7,10-11,18H,3,8-9H2,1-2H3,(H,19,22). The van der Waals surface area contributed by atoms with Crippen molar-refractivity contribution in [2.75, 3.05) is 31.3 Å². The van der Waals surface area contributed by atoms with Crippen molar-refractivity contribution in [2.24, 2.45) is 0 Å². The second kappa shape index (κ2) is 9.13. The molecule has 0 saturated heterocycles. The van der Waals surface area contributed by atoms with Gasteiger partial charge >= 0.3 is 0 Å². The SMILES string of the molecule is CCOc1ccc(C(=O)NCCNc2ccc(S(C)(=O)=O)cc2[N+](=O)[O-])cn1. The molecule has 1 amide bonds. The Morgan fingerprint density at radius 3 is 2.57 bits per heavy atom. The highest BCUT2D eigenvalue weighted by atomic mass is 32.2. The number of hydrogen-bond donors (Lipinski definition) is 2. The van der Waals surface area contributed by atoms with Crippen LogP contribution in [0.25, 0.3) is 0 Å². The second-order valence-corrected chi connectivity index (χ2v) is 7.72. The Balaban J connectivity index is 1.94. The van der Waals surface area contributed by atoms with Crippen molar-refractivity contribution >= 4 is 27.1 Å². The highest BCUT2D eigenvalue weighted by molar-refractivity contribution is 7.90. The van der Waals surface area contributed by atoms with E-state index in [0.717, 1.165) is 12.3 Å². The number of nitro groups is 1. The van der Waals surface area contributed by atoms with E-state index in [2.05, 4.69) is 15.6 Å². The van der Waals surface area contributed by atoms with Crippen molar-refractivity contribution < 1.29 is 22.9 Å². The van der Waals surface area contributed by atoms with Crippen molar-refractivity contribution in [3.8, 4) is 5.88 Å². The third-order valence-corrected chi connectivity index (χ3v) is 4.72. The largest absolute Gasteiger partial charge is 0.478 e. The van der Waals surface area contributed by atoms with Crippen LogP contribution in [0.2, 0.25) is 0 Å². The first kappa shape index (κ1) is 21.1. The van der Waals surface area contributed by atoms with Crippen LogP contribution in [-0.4, -0.2) is 50.2 Å². The number of pyridine rings is 1. The van der Waals surface area contributed by atoms with Gasteiger partial charge in [-0.25, -0.2) is 13.4 Å². The van der Waals surface area contributed by atoms with Gasteiger partial charge in [-0.15, -0.1) is 0 Å². The van der Waals surface area contributed by atoms with Crippen LogP contribution in [-0.2, 0) is 9.84 Å². The van der Waals surface area contributed by atoms with Crippen molar-refractivity contribution in [3.63, 3.8) is 0 Å². The summed E-state index contributed by atoms with van der Waals surface area (Å²) < 4.78 is 28.3. The average Bonchev–Trinajstić information content (AvgIpc) is 2.65. The molecule has 1 heterocycles. The Bertz CT molecular complexity index is 960. The molecule has 0 unspecified atom stereocenters. The molecule has 0 aliphatic heterocycles. The molecule has 0 saturated carbocycles. The molecule has 0 atom stereocenters. The van der Waals surface area contributed by atoms with Gasteiger partial charge in [0.25, 0.3) is 11.6 Å². The van der Waals surface area contributed by atoms with Crippen LogP contribution in [0.5, 0.6) is 5.88 Å². The summed E-state index contributed by atoms with van der Waals surface area (Å²) in [6, 6.07) is 6.78. The molecule has 11 heteroatoms. The lowest BCUT2D eigenvalue weighted by molar-refractivity contribution is -0.384. The first-order chi connectivity index (χ1) is 13.2. The number of nitrogens with one attached hydrogen (secondary N) is 2. The fourth-order valence-electron chi connectivity index (χ4n) is 2.27. The van der Waals surface area contributed by atoms with Crippen LogP contribution in [0.4, 0.5) is 11.4 Å². The zero-order chi connectivity index (χ0) is 20.7. The number of nitro benzene ring substituents is 1. The maximum atomic E-state index is 12.1. The van der Waals surface area contributed by atoms with Gasteiger partial charge in [0.2, 0.25) is 5.88 Å². The van der Waals surface area contributed by atoms with Crippen molar-refractivity contribution in [2.45, 2.75) is 11.8 Å². The number of ether oxygens (including phenoxy) is 1. The summed E-state index contributed by atoms with van der Waals surface area (Å²) >= 11 is 0. The monoisotopic (exact) mass is 408 g/mol. The van der Waals surface area contributed by atoms with Gasteiger partial charge in [0, 0.05) is 37.7 Å². The lowest BCUT2D eigenvalue weighted by Gasteiger charge is -2.09. The number of carbonyl (C=O) groups excluding carboxylic acids is 1. The van der Waals surface area contributed by atoms with Gasteiger partial charge < -0.3 is 15.4 Å². The van der Waals surface area contributed by atoms with Crippen LogP contribution in [0, 0.1) is 10.1 Å². The van der Waals surface area contributed by atoms with E-state index in [1.165, 1.54) is 18.3 Å².